The summed E-state index contributed by atoms with van der Waals surface area (Å²) in [6.07, 6.45) is 0. The lowest BCUT2D eigenvalue weighted by Crippen LogP contribution is -2.11. The number of hydrogen-bond donors (Lipinski definition) is 1. The van der Waals surface area contributed by atoms with Crippen LogP contribution in [0.2, 0.25) is 0 Å². The maximum Gasteiger partial charge on any atom is 0.299 e. The van der Waals surface area contributed by atoms with Crippen molar-refractivity contribution in [3.63, 3.8) is 0 Å². The van der Waals surface area contributed by atoms with Gasteiger partial charge in [0, 0.05) is 32.4 Å². The molecular formula is C13H18N4OS. The Balaban J connectivity index is 2.04. The topological polar surface area (TPSA) is 50.3 Å². The molecule has 1 aromatic carbocycles. The second-order valence-electron chi connectivity index (χ2n) is 4.24. The van der Waals surface area contributed by atoms with Gasteiger partial charge in [0.1, 0.15) is 10.8 Å². The highest BCUT2D eigenvalue weighted by Crippen LogP contribution is 2.27. The fourth-order valence-electron chi connectivity index (χ4n) is 1.51. The van der Waals surface area contributed by atoms with Crippen molar-refractivity contribution in [2.24, 2.45) is 0 Å². The summed E-state index contributed by atoms with van der Waals surface area (Å²) in [5.74, 6) is 0.775. The summed E-state index contributed by atoms with van der Waals surface area (Å²) < 4.78 is 5.72. The number of aromatic nitrogens is 2. The molecule has 0 bridgehead atoms. The Kier molecular flexibility index (Phi) is 4.70. The molecule has 0 atom stereocenters. The molecule has 0 spiro atoms. The van der Waals surface area contributed by atoms with Gasteiger partial charge in [-0.3, -0.25) is 0 Å². The molecule has 0 aliphatic rings. The van der Waals surface area contributed by atoms with Crippen LogP contribution in [0.4, 0.5) is 5.69 Å². The molecule has 0 amide bonds. The van der Waals surface area contributed by atoms with Gasteiger partial charge in [-0.25, -0.2) is 0 Å². The molecule has 0 unspecified atom stereocenters. The molecular weight excluding hydrogens is 260 g/mol. The van der Waals surface area contributed by atoms with Crippen LogP contribution in [0, 0.1) is 0 Å². The number of hydrogen-bond acceptors (Lipinski definition) is 6. The zero-order valence-corrected chi connectivity index (χ0v) is 12.2. The largest absolute Gasteiger partial charge is 0.430 e. The Morgan fingerprint density at radius 1 is 1.32 bits per heavy atom. The van der Waals surface area contributed by atoms with Crippen molar-refractivity contribution in [2.45, 2.75) is 13.5 Å². The summed E-state index contributed by atoms with van der Waals surface area (Å²) >= 11 is 1.46. The first-order valence-electron chi connectivity index (χ1n) is 6.17. The Morgan fingerprint density at radius 3 is 2.89 bits per heavy atom. The van der Waals surface area contributed by atoms with E-state index in [0.29, 0.717) is 5.19 Å². The van der Waals surface area contributed by atoms with Gasteiger partial charge in [-0.1, -0.05) is 29.4 Å². The average Bonchev–Trinajstić information content (AvgIpc) is 2.84. The van der Waals surface area contributed by atoms with Gasteiger partial charge >= 0.3 is 0 Å². The minimum absolute atomic E-state index is 0.573. The van der Waals surface area contributed by atoms with Crippen LogP contribution in [0.25, 0.3) is 0 Å². The first kappa shape index (κ1) is 13.8. The quantitative estimate of drug-likeness (QED) is 0.880. The number of benzene rings is 1. The van der Waals surface area contributed by atoms with Gasteiger partial charge < -0.3 is 15.0 Å². The molecule has 19 heavy (non-hydrogen) atoms. The molecule has 0 saturated carbocycles. The summed E-state index contributed by atoms with van der Waals surface area (Å²) in [6, 6.07) is 7.89. The molecule has 1 aromatic heterocycles. The molecule has 0 fully saturated rings. The van der Waals surface area contributed by atoms with Crippen molar-refractivity contribution in [1.82, 2.24) is 15.5 Å². The lowest BCUT2D eigenvalue weighted by atomic mass is 10.3. The summed E-state index contributed by atoms with van der Waals surface area (Å²) in [4.78, 5) is 2.03. The number of nitrogens with one attached hydrogen (secondary N) is 1. The van der Waals surface area contributed by atoms with Gasteiger partial charge in [0.25, 0.3) is 5.19 Å². The van der Waals surface area contributed by atoms with Crippen molar-refractivity contribution < 1.29 is 4.74 Å². The first-order valence-corrected chi connectivity index (χ1v) is 6.99. The monoisotopic (exact) mass is 278 g/mol. The van der Waals surface area contributed by atoms with E-state index in [1.807, 2.05) is 43.3 Å². The molecule has 102 valence electrons. The Morgan fingerprint density at radius 2 is 2.16 bits per heavy atom. The highest BCUT2D eigenvalue weighted by Gasteiger charge is 2.06. The van der Waals surface area contributed by atoms with Crippen LogP contribution < -0.4 is 15.0 Å². The summed E-state index contributed by atoms with van der Waals surface area (Å²) in [5.41, 5.74) is 1.09. The van der Waals surface area contributed by atoms with Crippen molar-refractivity contribution in [2.75, 3.05) is 25.5 Å². The Labute approximate surface area is 117 Å². The predicted molar refractivity (Wildman–Crippen MR) is 78.1 cm³/mol. The molecule has 6 heteroatoms. The molecule has 2 rings (SSSR count). The van der Waals surface area contributed by atoms with E-state index in [1.165, 1.54) is 11.3 Å². The van der Waals surface area contributed by atoms with Gasteiger partial charge in [0.15, 0.2) is 0 Å². The molecule has 1 N–H and O–H groups in total. The van der Waals surface area contributed by atoms with Gasteiger partial charge in [-0.15, -0.1) is 5.10 Å². The second-order valence-corrected chi connectivity index (χ2v) is 5.26. The maximum atomic E-state index is 5.72. The molecule has 1 heterocycles. The third-order valence-electron chi connectivity index (χ3n) is 2.51. The maximum absolute atomic E-state index is 5.72. The van der Waals surface area contributed by atoms with E-state index >= 15 is 0 Å². The van der Waals surface area contributed by atoms with Crippen LogP contribution in [0.15, 0.2) is 24.3 Å². The smallest absolute Gasteiger partial charge is 0.299 e. The third-order valence-corrected chi connectivity index (χ3v) is 3.31. The third kappa shape index (κ3) is 3.90. The Bertz CT molecular complexity index is 527. The summed E-state index contributed by atoms with van der Waals surface area (Å²) in [7, 11) is 4.00. The molecule has 0 aliphatic carbocycles. The zero-order chi connectivity index (χ0) is 13.7. The highest BCUT2D eigenvalue weighted by atomic mass is 32.1. The zero-order valence-electron chi connectivity index (χ0n) is 11.4. The van der Waals surface area contributed by atoms with Crippen molar-refractivity contribution >= 4 is 17.0 Å². The van der Waals surface area contributed by atoms with E-state index in [1.54, 1.807) is 0 Å². The Hall–Kier alpha value is -1.66. The van der Waals surface area contributed by atoms with E-state index < -0.39 is 0 Å². The van der Waals surface area contributed by atoms with Crippen LogP contribution in [-0.2, 0) is 6.54 Å². The van der Waals surface area contributed by atoms with E-state index in [0.717, 1.165) is 29.5 Å². The van der Waals surface area contributed by atoms with Crippen LogP contribution in [0.3, 0.4) is 0 Å². The molecule has 2 aromatic rings. The van der Waals surface area contributed by atoms with Crippen molar-refractivity contribution in [3.8, 4) is 10.9 Å². The van der Waals surface area contributed by atoms with Crippen LogP contribution >= 0.6 is 11.3 Å². The van der Waals surface area contributed by atoms with Crippen LogP contribution in [0.1, 0.15) is 11.9 Å². The van der Waals surface area contributed by atoms with Gasteiger partial charge in [0.05, 0.1) is 0 Å². The molecule has 0 aliphatic heterocycles. The van der Waals surface area contributed by atoms with Crippen molar-refractivity contribution in [1.29, 1.82) is 0 Å². The summed E-state index contributed by atoms with van der Waals surface area (Å²) in [6.45, 7) is 3.71. The van der Waals surface area contributed by atoms with E-state index in [2.05, 4.69) is 22.4 Å². The number of nitrogens with zero attached hydrogens (tertiary/aromatic N) is 3. The summed E-state index contributed by atoms with van der Waals surface area (Å²) in [5, 5.41) is 12.8. The lowest BCUT2D eigenvalue weighted by molar-refractivity contribution is 0.473. The lowest BCUT2D eigenvalue weighted by Gasteiger charge is -2.12. The van der Waals surface area contributed by atoms with E-state index in [9.17, 15) is 0 Å². The fraction of sp³-hybridized carbons (Fsp3) is 0.385. The predicted octanol–water partition coefficient (Wildman–Crippen LogP) is 2.51. The second kappa shape index (κ2) is 6.49. The molecule has 5 nitrogen and oxygen atoms in total. The highest BCUT2D eigenvalue weighted by molar-refractivity contribution is 7.13. The number of rotatable bonds is 6. The van der Waals surface area contributed by atoms with E-state index in [4.69, 9.17) is 4.74 Å². The van der Waals surface area contributed by atoms with Crippen LogP contribution in [0.5, 0.6) is 10.9 Å². The minimum atomic E-state index is 0.573. The first-order chi connectivity index (χ1) is 9.19. The molecule has 0 saturated heterocycles. The fourth-order valence-corrected chi connectivity index (χ4v) is 2.19. The average molecular weight is 278 g/mol. The van der Waals surface area contributed by atoms with Crippen molar-refractivity contribution in [3.05, 3.63) is 29.3 Å². The molecule has 0 radical (unpaired) electrons. The van der Waals surface area contributed by atoms with E-state index in [-0.39, 0.29) is 0 Å². The van der Waals surface area contributed by atoms with Gasteiger partial charge in [-0.2, -0.15) is 0 Å². The van der Waals surface area contributed by atoms with Gasteiger partial charge in [-0.05, 0) is 18.7 Å². The normalized spacial score (nSPS) is 10.5. The number of anilines is 1. The SMILES string of the molecule is CCNCc1nnc(Oc2cccc(N(C)C)c2)s1. The standard InChI is InChI=1S/C13H18N4OS/c1-4-14-9-12-15-16-13(19-12)18-11-7-5-6-10(8-11)17(2)3/h5-8,14H,4,9H2,1-3H3. The number of ether oxygens (including phenoxy) is 1. The minimum Gasteiger partial charge on any atom is -0.430 e. The van der Waals surface area contributed by atoms with Gasteiger partial charge in [0.2, 0.25) is 0 Å². The van der Waals surface area contributed by atoms with Crippen LogP contribution in [-0.4, -0.2) is 30.8 Å².